The number of nitrogens with two attached hydrogens (primary N) is 1. The Labute approximate surface area is 162 Å². The van der Waals surface area contributed by atoms with Crippen molar-refractivity contribution in [3.05, 3.63) is 65.2 Å². The van der Waals surface area contributed by atoms with Gasteiger partial charge in [-0.25, -0.2) is 4.79 Å². The van der Waals surface area contributed by atoms with Gasteiger partial charge < -0.3 is 20.1 Å². The first-order valence-electron chi connectivity index (χ1n) is 9.04. The lowest BCUT2D eigenvalue weighted by Crippen LogP contribution is -2.49. The van der Waals surface area contributed by atoms with Gasteiger partial charge in [0.25, 0.3) is 0 Å². The van der Waals surface area contributed by atoms with Crippen molar-refractivity contribution < 1.29 is 23.9 Å². The van der Waals surface area contributed by atoms with E-state index in [1.54, 1.807) is 30.3 Å². The molecule has 0 fully saturated rings. The number of allylic oxidation sites excluding steroid dienone is 1. The minimum atomic E-state index is -1.66. The number of carbonyl (C=O) groups excluding carboxylic acids is 3. The number of amides is 1. The second-order valence-corrected chi connectivity index (χ2v) is 6.88. The van der Waals surface area contributed by atoms with E-state index in [-0.39, 0.29) is 23.8 Å². The Bertz CT molecular complexity index is 990. The van der Waals surface area contributed by atoms with Gasteiger partial charge in [-0.05, 0) is 18.9 Å². The fraction of sp³-hybridized carbons (Fsp3) is 0.286. The number of ether oxygens (including phenoxy) is 2. The Hall–Kier alpha value is -3.35. The van der Waals surface area contributed by atoms with Gasteiger partial charge in [-0.3, -0.25) is 9.59 Å². The molecule has 1 spiro atoms. The molecule has 3 aliphatic rings. The van der Waals surface area contributed by atoms with Crippen LogP contribution in [0, 0.1) is 0 Å². The highest BCUT2D eigenvalue weighted by Gasteiger charge is 2.63. The SMILES string of the molecule is C=CCN1C(=O)C2(C(C(=O)OC)=C(N)Oc3ccccc32)C2=C1CCCC2=O. The van der Waals surface area contributed by atoms with Crippen LogP contribution in [0.25, 0.3) is 0 Å². The number of ketones is 1. The molecule has 2 aliphatic heterocycles. The molecule has 7 nitrogen and oxygen atoms in total. The van der Waals surface area contributed by atoms with Gasteiger partial charge in [0, 0.05) is 29.8 Å². The first-order valence-corrected chi connectivity index (χ1v) is 9.04. The molecule has 0 aromatic heterocycles. The van der Waals surface area contributed by atoms with Crippen LogP contribution in [-0.2, 0) is 24.5 Å². The Morgan fingerprint density at radius 1 is 1.36 bits per heavy atom. The lowest BCUT2D eigenvalue weighted by atomic mass is 9.65. The number of hydrogen-bond acceptors (Lipinski definition) is 6. The van der Waals surface area contributed by atoms with E-state index in [9.17, 15) is 14.4 Å². The summed E-state index contributed by atoms with van der Waals surface area (Å²) in [6.45, 7) is 3.95. The summed E-state index contributed by atoms with van der Waals surface area (Å²) in [5, 5.41) is 0. The zero-order valence-electron chi connectivity index (χ0n) is 15.5. The van der Waals surface area contributed by atoms with Crippen LogP contribution in [-0.4, -0.2) is 36.2 Å². The quantitative estimate of drug-likeness (QED) is 0.633. The van der Waals surface area contributed by atoms with Crippen LogP contribution < -0.4 is 10.5 Å². The maximum Gasteiger partial charge on any atom is 0.340 e. The van der Waals surface area contributed by atoms with E-state index in [1.807, 2.05) is 0 Å². The lowest BCUT2D eigenvalue weighted by molar-refractivity contribution is -0.140. The van der Waals surface area contributed by atoms with Crippen LogP contribution in [0.4, 0.5) is 0 Å². The van der Waals surface area contributed by atoms with Crippen molar-refractivity contribution in [2.75, 3.05) is 13.7 Å². The summed E-state index contributed by atoms with van der Waals surface area (Å²) in [7, 11) is 1.20. The van der Waals surface area contributed by atoms with Gasteiger partial charge in [0.05, 0.1) is 7.11 Å². The second-order valence-electron chi connectivity index (χ2n) is 6.88. The Kier molecular flexibility index (Phi) is 4.10. The van der Waals surface area contributed by atoms with Gasteiger partial charge in [-0.1, -0.05) is 24.3 Å². The molecule has 0 saturated carbocycles. The Balaban J connectivity index is 2.13. The summed E-state index contributed by atoms with van der Waals surface area (Å²) < 4.78 is 10.6. The summed E-state index contributed by atoms with van der Waals surface area (Å²) in [6.07, 6.45) is 3.09. The third-order valence-corrected chi connectivity index (χ3v) is 5.49. The number of para-hydroxylation sites is 1. The second kappa shape index (κ2) is 6.37. The van der Waals surface area contributed by atoms with E-state index in [4.69, 9.17) is 15.2 Å². The number of fused-ring (bicyclic) bond motifs is 3. The highest BCUT2D eigenvalue weighted by Crippen LogP contribution is 2.55. The number of esters is 1. The first kappa shape index (κ1) is 18.0. The number of Topliss-reactive ketones (excluding diaryl/α,β-unsaturated/α-hetero) is 1. The molecule has 1 amide bonds. The van der Waals surface area contributed by atoms with Crippen LogP contribution in [0.5, 0.6) is 5.75 Å². The van der Waals surface area contributed by atoms with E-state index in [0.29, 0.717) is 41.8 Å². The summed E-state index contributed by atoms with van der Waals surface area (Å²) in [5.74, 6) is -1.28. The summed E-state index contributed by atoms with van der Waals surface area (Å²) in [4.78, 5) is 41.3. The predicted octanol–water partition coefficient (Wildman–Crippen LogP) is 1.70. The van der Waals surface area contributed by atoms with Crippen LogP contribution in [0.1, 0.15) is 24.8 Å². The molecular weight excluding hydrogens is 360 g/mol. The van der Waals surface area contributed by atoms with Crippen molar-refractivity contribution in [1.29, 1.82) is 0 Å². The first-order chi connectivity index (χ1) is 13.5. The van der Waals surface area contributed by atoms with Crippen LogP contribution >= 0.6 is 0 Å². The van der Waals surface area contributed by atoms with Crippen LogP contribution in [0.3, 0.4) is 0 Å². The lowest BCUT2D eigenvalue weighted by Gasteiger charge is -2.37. The maximum absolute atomic E-state index is 13.9. The summed E-state index contributed by atoms with van der Waals surface area (Å²) in [6, 6.07) is 6.82. The molecule has 28 heavy (non-hydrogen) atoms. The summed E-state index contributed by atoms with van der Waals surface area (Å²) in [5.41, 5.74) is 5.63. The fourth-order valence-electron chi connectivity index (χ4n) is 4.47. The predicted molar refractivity (Wildman–Crippen MR) is 99.8 cm³/mol. The fourth-order valence-corrected chi connectivity index (χ4v) is 4.47. The van der Waals surface area contributed by atoms with Gasteiger partial charge >= 0.3 is 5.97 Å². The van der Waals surface area contributed by atoms with E-state index in [1.165, 1.54) is 12.0 Å². The standard InChI is InChI=1S/C21H20N2O5/c1-3-11-23-13-8-6-9-14(24)16(13)21(20(23)26)12-7-4-5-10-15(12)28-18(22)17(21)19(25)27-2/h3-5,7,10H,1,6,8-9,11,22H2,2H3. The number of hydrogen-bond donors (Lipinski definition) is 1. The van der Waals surface area contributed by atoms with Crippen LogP contribution in [0.15, 0.2) is 59.6 Å². The third kappa shape index (κ3) is 2.13. The Morgan fingerprint density at radius 3 is 2.82 bits per heavy atom. The topological polar surface area (TPSA) is 98.9 Å². The largest absolute Gasteiger partial charge is 0.465 e. The van der Waals surface area contributed by atoms with E-state index in [2.05, 4.69) is 6.58 Å². The van der Waals surface area contributed by atoms with Gasteiger partial charge in [0.15, 0.2) is 5.78 Å². The van der Waals surface area contributed by atoms with Crippen molar-refractivity contribution in [2.24, 2.45) is 5.73 Å². The molecule has 4 rings (SSSR count). The minimum absolute atomic E-state index is 0.145. The van der Waals surface area contributed by atoms with Crippen molar-refractivity contribution in [3.8, 4) is 5.75 Å². The number of benzene rings is 1. The van der Waals surface area contributed by atoms with Crippen molar-refractivity contribution in [3.63, 3.8) is 0 Å². The Morgan fingerprint density at radius 2 is 2.11 bits per heavy atom. The number of carbonyl (C=O) groups is 3. The van der Waals surface area contributed by atoms with Gasteiger partial charge in [-0.15, -0.1) is 6.58 Å². The average Bonchev–Trinajstić information content (AvgIpc) is 2.93. The van der Waals surface area contributed by atoms with Gasteiger partial charge in [0.2, 0.25) is 11.8 Å². The zero-order chi connectivity index (χ0) is 20.1. The highest BCUT2D eigenvalue weighted by atomic mass is 16.5. The van der Waals surface area contributed by atoms with Crippen molar-refractivity contribution in [1.82, 2.24) is 4.90 Å². The van der Waals surface area contributed by atoms with Crippen molar-refractivity contribution in [2.45, 2.75) is 24.7 Å². The summed E-state index contributed by atoms with van der Waals surface area (Å²) >= 11 is 0. The van der Waals surface area contributed by atoms with E-state index in [0.717, 1.165) is 0 Å². The number of methoxy groups -OCH3 is 1. The highest BCUT2D eigenvalue weighted by molar-refractivity contribution is 6.19. The molecule has 2 heterocycles. The normalized spacial score (nSPS) is 23.5. The maximum atomic E-state index is 13.9. The molecule has 144 valence electrons. The molecule has 2 N–H and O–H groups in total. The molecule has 1 aliphatic carbocycles. The number of rotatable bonds is 3. The van der Waals surface area contributed by atoms with E-state index >= 15 is 0 Å². The number of nitrogens with zero attached hydrogens (tertiary/aromatic N) is 1. The van der Waals surface area contributed by atoms with Crippen molar-refractivity contribution >= 4 is 17.7 Å². The minimum Gasteiger partial charge on any atom is -0.465 e. The molecular formula is C21H20N2O5. The molecule has 1 unspecified atom stereocenters. The molecule has 7 heteroatoms. The average molecular weight is 380 g/mol. The molecule has 0 saturated heterocycles. The molecule has 1 aromatic carbocycles. The molecule has 0 radical (unpaired) electrons. The third-order valence-electron chi connectivity index (χ3n) is 5.49. The molecule has 0 bridgehead atoms. The van der Waals surface area contributed by atoms with Gasteiger partial charge in [-0.2, -0.15) is 0 Å². The van der Waals surface area contributed by atoms with E-state index < -0.39 is 17.3 Å². The van der Waals surface area contributed by atoms with Gasteiger partial charge in [0.1, 0.15) is 16.7 Å². The molecule has 1 aromatic rings. The van der Waals surface area contributed by atoms with Crippen LogP contribution in [0.2, 0.25) is 0 Å². The zero-order valence-corrected chi connectivity index (χ0v) is 15.5. The monoisotopic (exact) mass is 380 g/mol. The smallest absolute Gasteiger partial charge is 0.340 e. The molecule has 1 atom stereocenters.